The van der Waals surface area contributed by atoms with Gasteiger partial charge >= 0.3 is 5.97 Å². The molecule has 18 heavy (non-hydrogen) atoms. The lowest BCUT2D eigenvalue weighted by molar-refractivity contribution is 0.0697. The van der Waals surface area contributed by atoms with Crippen molar-refractivity contribution >= 4 is 23.4 Å². The molecule has 1 unspecified atom stereocenters. The standard InChI is InChI=1S/C11H15ClN2O4/c1-18-3-2-8(6-15)13-10-5-7(11(16)17)4-9(12)14-10/h4-5,8,15H,2-3,6H2,1H3,(H,13,14)(H,16,17). The summed E-state index contributed by atoms with van der Waals surface area (Å²) in [6.45, 7) is 0.366. The average Bonchev–Trinajstić information content (AvgIpc) is 2.33. The maximum Gasteiger partial charge on any atom is 0.335 e. The zero-order valence-corrected chi connectivity index (χ0v) is 10.6. The van der Waals surface area contributed by atoms with Crippen LogP contribution in [-0.4, -0.2) is 47.5 Å². The van der Waals surface area contributed by atoms with Crippen LogP contribution in [0, 0.1) is 0 Å². The number of halogens is 1. The molecule has 7 heteroatoms. The summed E-state index contributed by atoms with van der Waals surface area (Å²) >= 11 is 5.72. The summed E-state index contributed by atoms with van der Waals surface area (Å²) in [6.07, 6.45) is 0.573. The number of rotatable bonds is 7. The number of ether oxygens (including phenoxy) is 1. The van der Waals surface area contributed by atoms with E-state index in [2.05, 4.69) is 10.3 Å². The Labute approximate surface area is 110 Å². The number of carboxylic acid groups (broad SMARTS) is 1. The first-order chi connectivity index (χ1) is 8.56. The molecule has 6 nitrogen and oxygen atoms in total. The Morgan fingerprint density at radius 2 is 2.33 bits per heavy atom. The molecule has 0 aliphatic rings. The molecule has 0 amide bonds. The first-order valence-electron chi connectivity index (χ1n) is 5.34. The number of carbonyl (C=O) groups is 1. The highest BCUT2D eigenvalue weighted by Gasteiger charge is 2.11. The van der Waals surface area contributed by atoms with Crippen LogP contribution in [0.3, 0.4) is 0 Å². The number of carboxylic acids is 1. The van der Waals surface area contributed by atoms with Crippen molar-refractivity contribution in [1.82, 2.24) is 4.98 Å². The number of methoxy groups -OCH3 is 1. The molecule has 1 rings (SSSR count). The van der Waals surface area contributed by atoms with Gasteiger partial charge in [0.2, 0.25) is 0 Å². The molecule has 0 saturated carbocycles. The fraction of sp³-hybridized carbons (Fsp3) is 0.455. The molecule has 100 valence electrons. The van der Waals surface area contributed by atoms with Crippen LogP contribution in [-0.2, 0) is 4.74 Å². The van der Waals surface area contributed by atoms with E-state index in [0.717, 1.165) is 0 Å². The number of anilines is 1. The van der Waals surface area contributed by atoms with Crippen LogP contribution in [0.4, 0.5) is 5.82 Å². The molecule has 0 aliphatic carbocycles. The summed E-state index contributed by atoms with van der Waals surface area (Å²) in [4.78, 5) is 14.8. The van der Waals surface area contributed by atoms with Gasteiger partial charge in [0.15, 0.2) is 0 Å². The minimum Gasteiger partial charge on any atom is -0.478 e. The topological polar surface area (TPSA) is 91.7 Å². The normalized spacial score (nSPS) is 12.2. The van der Waals surface area contributed by atoms with E-state index in [1.54, 1.807) is 7.11 Å². The van der Waals surface area contributed by atoms with Crippen molar-refractivity contribution in [3.63, 3.8) is 0 Å². The molecule has 1 aromatic rings. The smallest absolute Gasteiger partial charge is 0.335 e. The van der Waals surface area contributed by atoms with Crippen LogP contribution in [0.2, 0.25) is 5.15 Å². The van der Waals surface area contributed by atoms with Gasteiger partial charge in [-0.05, 0) is 18.6 Å². The number of nitrogens with zero attached hydrogens (tertiary/aromatic N) is 1. The second-order valence-corrected chi connectivity index (χ2v) is 4.06. The van der Waals surface area contributed by atoms with E-state index in [-0.39, 0.29) is 23.4 Å². The Bertz CT molecular complexity index is 414. The van der Waals surface area contributed by atoms with Gasteiger partial charge in [-0.15, -0.1) is 0 Å². The van der Waals surface area contributed by atoms with Gasteiger partial charge in [0, 0.05) is 13.7 Å². The first-order valence-corrected chi connectivity index (χ1v) is 5.71. The van der Waals surface area contributed by atoms with Crippen LogP contribution in [0.5, 0.6) is 0 Å². The molecule has 0 radical (unpaired) electrons. The van der Waals surface area contributed by atoms with Crippen LogP contribution in [0.1, 0.15) is 16.8 Å². The van der Waals surface area contributed by atoms with Crippen molar-refractivity contribution < 1.29 is 19.7 Å². The molecule has 0 saturated heterocycles. The third-order valence-corrected chi connectivity index (χ3v) is 2.48. The highest BCUT2D eigenvalue weighted by molar-refractivity contribution is 6.29. The summed E-state index contributed by atoms with van der Waals surface area (Å²) in [5.41, 5.74) is 0.0425. The largest absolute Gasteiger partial charge is 0.478 e. The van der Waals surface area contributed by atoms with Gasteiger partial charge in [0.25, 0.3) is 0 Å². The monoisotopic (exact) mass is 274 g/mol. The minimum absolute atomic E-state index is 0.0425. The maximum atomic E-state index is 10.8. The highest BCUT2D eigenvalue weighted by atomic mass is 35.5. The Balaban J connectivity index is 2.79. The molecule has 0 bridgehead atoms. The van der Waals surface area contributed by atoms with Crippen molar-refractivity contribution in [3.05, 3.63) is 22.8 Å². The number of aliphatic hydroxyl groups excluding tert-OH is 1. The predicted octanol–water partition coefficient (Wildman–Crippen LogP) is 1.24. The molecule has 1 aromatic heterocycles. The summed E-state index contributed by atoms with van der Waals surface area (Å²) < 4.78 is 4.91. The fourth-order valence-corrected chi connectivity index (χ4v) is 1.58. The zero-order chi connectivity index (χ0) is 13.5. The Kier molecular flexibility index (Phi) is 5.84. The van der Waals surface area contributed by atoms with Crippen LogP contribution in [0.25, 0.3) is 0 Å². The van der Waals surface area contributed by atoms with E-state index >= 15 is 0 Å². The van der Waals surface area contributed by atoms with Crippen molar-refractivity contribution in [2.24, 2.45) is 0 Å². The third-order valence-electron chi connectivity index (χ3n) is 2.28. The summed E-state index contributed by atoms with van der Waals surface area (Å²) in [5.74, 6) is -0.769. The summed E-state index contributed by atoms with van der Waals surface area (Å²) in [7, 11) is 1.56. The van der Waals surface area contributed by atoms with E-state index in [0.29, 0.717) is 18.8 Å². The summed E-state index contributed by atoms with van der Waals surface area (Å²) in [6, 6.07) is 2.36. The molecule has 0 spiro atoms. The van der Waals surface area contributed by atoms with Crippen LogP contribution >= 0.6 is 11.6 Å². The van der Waals surface area contributed by atoms with Crippen molar-refractivity contribution in [2.45, 2.75) is 12.5 Å². The number of aliphatic hydroxyl groups is 1. The lowest BCUT2D eigenvalue weighted by atomic mass is 10.2. The molecule has 0 aromatic carbocycles. The van der Waals surface area contributed by atoms with Crippen molar-refractivity contribution in [3.8, 4) is 0 Å². The molecule has 0 aliphatic heterocycles. The quantitative estimate of drug-likeness (QED) is 0.648. The number of hydrogen-bond acceptors (Lipinski definition) is 5. The Hall–Kier alpha value is -1.37. The van der Waals surface area contributed by atoms with Crippen molar-refractivity contribution in [2.75, 3.05) is 25.6 Å². The van der Waals surface area contributed by atoms with E-state index < -0.39 is 5.97 Å². The number of hydrogen-bond donors (Lipinski definition) is 3. The number of pyridine rings is 1. The molecule has 0 fully saturated rings. The second-order valence-electron chi connectivity index (χ2n) is 3.67. The second kappa shape index (κ2) is 7.15. The fourth-order valence-electron chi connectivity index (χ4n) is 1.37. The predicted molar refractivity (Wildman–Crippen MR) is 67.2 cm³/mol. The Morgan fingerprint density at radius 1 is 1.61 bits per heavy atom. The van der Waals surface area contributed by atoms with E-state index in [4.69, 9.17) is 26.6 Å². The van der Waals surface area contributed by atoms with E-state index in [1.807, 2.05) is 0 Å². The molecule has 1 atom stereocenters. The van der Waals surface area contributed by atoms with Gasteiger partial charge in [0.1, 0.15) is 11.0 Å². The zero-order valence-electron chi connectivity index (χ0n) is 9.89. The summed E-state index contributed by atoms with van der Waals surface area (Å²) in [5, 5.41) is 21.0. The molecule has 3 N–H and O–H groups in total. The molecular formula is C11H15ClN2O4. The van der Waals surface area contributed by atoms with Gasteiger partial charge in [-0.1, -0.05) is 11.6 Å². The van der Waals surface area contributed by atoms with Gasteiger partial charge < -0.3 is 20.3 Å². The minimum atomic E-state index is -1.08. The van der Waals surface area contributed by atoms with Gasteiger partial charge in [-0.3, -0.25) is 0 Å². The average molecular weight is 275 g/mol. The molecule has 1 heterocycles. The van der Waals surface area contributed by atoms with Gasteiger partial charge in [-0.25, -0.2) is 9.78 Å². The third kappa shape index (κ3) is 4.48. The van der Waals surface area contributed by atoms with Crippen LogP contribution < -0.4 is 5.32 Å². The number of aromatic nitrogens is 1. The van der Waals surface area contributed by atoms with E-state index in [9.17, 15) is 4.79 Å². The number of nitrogens with one attached hydrogen (secondary N) is 1. The van der Waals surface area contributed by atoms with Crippen LogP contribution in [0.15, 0.2) is 12.1 Å². The lowest BCUT2D eigenvalue weighted by Crippen LogP contribution is -2.26. The number of aromatic carboxylic acids is 1. The molecular weight excluding hydrogens is 260 g/mol. The SMILES string of the molecule is COCCC(CO)Nc1cc(C(=O)O)cc(Cl)n1. The highest BCUT2D eigenvalue weighted by Crippen LogP contribution is 2.16. The Morgan fingerprint density at radius 3 is 2.89 bits per heavy atom. The lowest BCUT2D eigenvalue weighted by Gasteiger charge is -2.16. The maximum absolute atomic E-state index is 10.8. The van der Waals surface area contributed by atoms with Crippen molar-refractivity contribution in [1.29, 1.82) is 0 Å². The van der Waals surface area contributed by atoms with Gasteiger partial charge in [0.05, 0.1) is 18.2 Å². The van der Waals surface area contributed by atoms with Gasteiger partial charge in [-0.2, -0.15) is 0 Å². The van der Waals surface area contributed by atoms with E-state index in [1.165, 1.54) is 12.1 Å². The first kappa shape index (κ1) is 14.7.